The summed E-state index contributed by atoms with van der Waals surface area (Å²) in [4.78, 5) is 27.0. The molecule has 1 heterocycles. The van der Waals surface area contributed by atoms with E-state index in [1.807, 2.05) is 6.92 Å². The molecule has 1 rings (SSSR count). The Bertz CT molecular complexity index is 472. The van der Waals surface area contributed by atoms with Gasteiger partial charge in [-0.3, -0.25) is 4.79 Å². The third kappa shape index (κ3) is 4.32. The first-order chi connectivity index (χ1) is 9.41. The predicted octanol–water partition coefficient (Wildman–Crippen LogP) is 1.32. The quantitative estimate of drug-likeness (QED) is 0.745. The fraction of sp³-hybridized carbons (Fsp3) is 0.692. The van der Waals surface area contributed by atoms with Crippen LogP contribution in [0.25, 0.3) is 0 Å². The summed E-state index contributed by atoms with van der Waals surface area (Å²) in [6, 6.07) is 0. The SMILES string of the molecule is CCCc1noc(CCC(=O)NC(C)(CC)C(=O)O)n1. The summed E-state index contributed by atoms with van der Waals surface area (Å²) >= 11 is 0. The summed E-state index contributed by atoms with van der Waals surface area (Å²) in [6.07, 6.45) is 2.41. The molecule has 7 nitrogen and oxygen atoms in total. The second-order valence-electron chi connectivity index (χ2n) is 4.89. The van der Waals surface area contributed by atoms with Gasteiger partial charge in [0.05, 0.1) is 0 Å². The third-order valence-electron chi connectivity index (χ3n) is 3.14. The normalized spacial score (nSPS) is 13.8. The second-order valence-corrected chi connectivity index (χ2v) is 4.89. The van der Waals surface area contributed by atoms with Crippen molar-refractivity contribution in [2.75, 3.05) is 0 Å². The first kappa shape index (κ1) is 16.1. The molecule has 0 aliphatic heterocycles. The van der Waals surface area contributed by atoms with E-state index in [1.165, 1.54) is 6.92 Å². The van der Waals surface area contributed by atoms with Crippen molar-refractivity contribution in [3.8, 4) is 0 Å². The molecule has 1 amide bonds. The zero-order chi connectivity index (χ0) is 15.2. The minimum absolute atomic E-state index is 0.122. The van der Waals surface area contributed by atoms with Crippen LogP contribution in [0.1, 0.15) is 51.7 Å². The molecule has 0 radical (unpaired) electrons. The molecule has 2 N–H and O–H groups in total. The number of nitrogens with one attached hydrogen (secondary N) is 1. The number of carbonyl (C=O) groups excluding carboxylic acids is 1. The lowest BCUT2D eigenvalue weighted by Crippen LogP contribution is -2.51. The summed E-state index contributed by atoms with van der Waals surface area (Å²) in [6.45, 7) is 5.21. The van der Waals surface area contributed by atoms with Gasteiger partial charge in [0.15, 0.2) is 5.82 Å². The maximum Gasteiger partial charge on any atom is 0.329 e. The summed E-state index contributed by atoms with van der Waals surface area (Å²) < 4.78 is 5.01. The van der Waals surface area contributed by atoms with Crippen molar-refractivity contribution in [2.45, 2.75) is 58.4 Å². The zero-order valence-corrected chi connectivity index (χ0v) is 12.1. The van der Waals surface area contributed by atoms with E-state index in [1.54, 1.807) is 6.92 Å². The van der Waals surface area contributed by atoms with Gasteiger partial charge in [-0.05, 0) is 19.8 Å². The van der Waals surface area contributed by atoms with Crippen molar-refractivity contribution in [3.63, 3.8) is 0 Å². The fourth-order valence-corrected chi connectivity index (χ4v) is 1.60. The Morgan fingerprint density at radius 1 is 1.35 bits per heavy atom. The number of aromatic nitrogens is 2. The predicted molar refractivity (Wildman–Crippen MR) is 71.1 cm³/mol. The van der Waals surface area contributed by atoms with Crippen molar-refractivity contribution >= 4 is 11.9 Å². The van der Waals surface area contributed by atoms with Gasteiger partial charge in [-0.2, -0.15) is 4.98 Å². The van der Waals surface area contributed by atoms with Crippen LogP contribution >= 0.6 is 0 Å². The van der Waals surface area contributed by atoms with Gasteiger partial charge >= 0.3 is 5.97 Å². The molecule has 0 aliphatic carbocycles. The Labute approximate surface area is 117 Å². The number of nitrogens with zero attached hydrogens (tertiary/aromatic N) is 2. The van der Waals surface area contributed by atoms with Gasteiger partial charge in [-0.1, -0.05) is 19.0 Å². The van der Waals surface area contributed by atoms with E-state index in [0.29, 0.717) is 24.6 Å². The van der Waals surface area contributed by atoms with Gasteiger partial charge < -0.3 is 14.9 Å². The molecule has 1 aromatic heterocycles. The first-order valence-electron chi connectivity index (χ1n) is 6.77. The van der Waals surface area contributed by atoms with Gasteiger partial charge in [-0.15, -0.1) is 0 Å². The molecular formula is C13H21N3O4. The number of hydrogen-bond donors (Lipinski definition) is 2. The van der Waals surface area contributed by atoms with Crippen molar-refractivity contribution in [2.24, 2.45) is 0 Å². The van der Waals surface area contributed by atoms with Crippen molar-refractivity contribution in [3.05, 3.63) is 11.7 Å². The van der Waals surface area contributed by atoms with Crippen LogP contribution in [-0.2, 0) is 22.4 Å². The molecule has 1 aromatic rings. The monoisotopic (exact) mass is 283 g/mol. The van der Waals surface area contributed by atoms with E-state index >= 15 is 0 Å². The van der Waals surface area contributed by atoms with E-state index in [-0.39, 0.29) is 12.3 Å². The van der Waals surface area contributed by atoms with Crippen LogP contribution in [0.5, 0.6) is 0 Å². The van der Waals surface area contributed by atoms with Crippen LogP contribution in [0.2, 0.25) is 0 Å². The van der Waals surface area contributed by atoms with Crippen LogP contribution in [-0.4, -0.2) is 32.7 Å². The van der Waals surface area contributed by atoms with Crippen molar-refractivity contribution in [1.82, 2.24) is 15.5 Å². The molecule has 7 heteroatoms. The van der Waals surface area contributed by atoms with Crippen LogP contribution in [0.4, 0.5) is 0 Å². The van der Waals surface area contributed by atoms with Gasteiger partial charge in [0.25, 0.3) is 0 Å². The number of rotatable bonds is 8. The Morgan fingerprint density at radius 3 is 2.60 bits per heavy atom. The highest BCUT2D eigenvalue weighted by molar-refractivity contribution is 5.86. The lowest BCUT2D eigenvalue weighted by atomic mass is 9.99. The molecular weight excluding hydrogens is 262 g/mol. The summed E-state index contributed by atoms with van der Waals surface area (Å²) in [7, 11) is 0. The standard InChI is InChI=1S/C13H21N3O4/c1-4-6-9-14-11(20-16-9)8-7-10(17)15-13(3,5-2)12(18)19/h4-8H2,1-3H3,(H,15,17)(H,18,19). The lowest BCUT2D eigenvalue weighted by Gasteiger charge is -2.24. The highest BCUT2D eigenvalue weighted by Gasteiger charge is 2.32. The Hall–Kier alpha value is -1.92. The van der Waals surface area contributed by atoms with Gasteiger partial charge in [0, 0.05) is 19.3 Å². The molecule has 0 saturated heterocycles. The maximum atomic E-state index is 11.8. The van der Waals surface area contributed by atoms with Crippen LogP contribution in [0.15, 0.2) is 4.52 Å². The minimum Gasteiger partial charge on any atom is -0.480 e. The lowest BCUT2D eigenvalue weighted by molar-refractivity contribution is -0.147. The third-order valence-corrected chi connectivity index (χ3v) is 3.14. The Balaban J connectivity index is 2.48. The fourth-order valence-electron chi connectivity index (χ4n) is 1.60. The highest BCUT2D eigenvalue weighted by Crippen LogP contribution is 2.10. The minimum atomic E-state index is -1.24. The molecule has 1 atom stereocenters. The Morgan fingerprint density at radius 2 is 2.05 bits per heavy atom. The number of carboxylic acid groups (broad SMARTS) is 1. The molecule has 20 heavy (non-hydrogen) atoms. The maximum absolute atomic E-state index is 11.8. The van der Waals surface area contributed by atoms with Crippen LogP contribution in [0, 0.1) is 0 Å². The van der Waals surface area contributed by atoms with Gasteiger partial charge in [-0.25, -0.2) is 4.79 Å². The zero-order valence-electron chi connectivity index (χ0n) is 12.1. The molecule has 0 saturated carbocycles. The highest BCUT2D eigenvalue weighted by atomic mass is 16.5. The molecule has 0 bridgehead atoms. The van der Waals surface area contributed by atoms with E-state index in [2.05, 4.69) is 15.5 Å². The molecule has 112 valence electrons. The molecule has 1 unspecified atom stereocenters. The number of carbonyl (C=O) groups is 2. The number of aryl methyl sites for hydroxylation is 2. The summed E-state index contributed by atoms with van der Waals surface area (Å²) in [5.41, 5.74) is -1.24. The first-order valence-corrected chi connectivity index (χ1v) is 6.77. The van der Waals surface area contributed by atoms with E-state index in [4.69, 9.17) is 9.63 Å². The average molecular weight is 283 g/mol. The topological polar surface area (TPSA) is 105 Å². The molecule has 0 aliphatic rings. The van der Waals surface area contributed by atoms with E-state index < -0.39 is 11.5 Å². The smallest absolute Gasteiger partial charge is 0.329 e. The largest absolute Gasteiger partial charge is 0.480 e. The molecule has 0 aromatic carbocycles. The second kappa shape index (κ2) is 7.02. The Kier molecular flexibility index (Phi) is 5.66. The number of aliphatic carboxylic acids is 1. The number of hydrogen-bond acceptors (Lipinski definition) is 5. The summed E-state index contributed by atoms with van der Waals surface area (Å²) in [5.74, 6) is -0.354. The molecule has 0 spiro atoms. The van der Waals surface area contributed by atoms with Gasteiger partial charge in [0.2, 0.25) is 11.8 Å². The van der Waals surface area contributed by atoms with Gasteiger partial charge in [0.1, 0.15) is 5.54 Å². The van der Waals surface area contributed by atoms with Crippen molar-refractivity contribution < 1.29 is 19.2 Å². The van der Waals surface area contributed by atoms with E-state index in [9.17, 15) is 9.59 Å². The average Bonchev–Trinajstić information content (AvgIpc) is 2.84. The number of carboxylic acids is 1. The van der Waals surface area contributed by atoms with Crippen LogP contribution in [0.3, 0.4) is 0 Å². The summed E-state index contributed by atoms with van der Waals surface area (Å²) in [5, 5.41) is 15.4. The molecule has 0 fully saturated rings. The van der Waals surface area contributed by atoms with E-state index in [0.717, 1.165) is 12.8 Å². The van der Waals surface area contributed by atoms with Crippen LogP contribution < -0.4 is 5.32 Å². The number of amides is 1. The van der Waals surface area contributed by atoms with Crippen molar-refractivity contribution in [1.29, 1.82) is 0 Å².